The summed E-state index contributed by atoms with van der Waals surface area (Å²) in [4.78, 5) is 4.06. The normalized spacial score (nSPS) is 24.1. The van der Waals surface area contributed by atoms with Crippen LogP contribution in [0.5, 0.6) is 0 Å². The van der Waals surface area contributed by atoms with Crippen molar-refractivity contribution in [3.8, 4) is 0 Å². The molecular formula is C12H17ClN2. The van der Waals surface area contributed by atoms with E-state index < -0.39 is 0 Å². The summed E-state index contributed by atoms with van der Waals surface area (Å²) in [6, 6.07) is 4.61. The van der Waals surface area contributed by atoms with Gasteiger partial charge in [-0.15, -0.1) is 0 Å². The van der Waals surface area contributed by atoms with Crippen LogP contribution in [0, 0.1) is 5.92 Å². The first-order chi connectivity index (χ1) is 7.29. The van der Waals surface area contributed by atoms with Crippen molar-refractivity contribution in [2.24, 2.45) is 5.92 Å². The minimum absolute atomic E-state index is 0.564. The lowest BCUT2D eigenvalue weighted by Crippen LogP contribution is -2.17. The number of nitrogens with zero attached hydrogens (tertiary/aromatic N) is 1. The van der Waals surface area contributed by atoms with E-state index in [-0.39, 0.29) is 0 Å². The second-order valence-corrected chi connectivity index (χ2v) is 4.65. The zero-order valence-electron chi connectivity index (χ0n) is 9.04. The summed E-state index contributed by atoms with van der Waals surface area (Å²) in [5.41, 5.74) is 1.21. The number of rotatable bonds is 5. The number of nitrogens with one attached hydrogen (secondary N) is 1. The second kappa shape index (κ2) is 4.95. The van der Waals surface area contributed by atoms with Crippen LogP contribution in [0.2, 0.25) is 5.15 Å². The Labute approximate surface area is 96.1 Å². The molecule has 82 valence electrons. The number of hydrogen-bond acceptors (Lipinski definition) is 2. The molecule has 1 aromatic rings. The SMILES string of the molecule is CCCC1CC1NCc1ccc(Cl)nc1. The summed E-state index contributed by atoms with van der Waals surface area (Å²) in [6.45, 7) is 3.16. The molecule has 0 amide bonds. The Kier molecular flexibility index (Phi) is 3.60. The van der Waals surface area contributed by atoms with Crippen molar-refractivity contribution < 1.29 is 0 Å². The molecule has 2 nitrogen and oxygen atoms in total. The predicted molar refractivity (Wildman–Crippen MR) is 62.9 cm³/mol. The van der Waals surface area contributed by atoms with Crippen LogP contribution in [-0.2, 0) is 6.54 Å². The van der Waals surface area contributed by atoms with Gasteiger partial charge in [-0.3, -0.25) is 0 Å². The monoisotopic (exact) mass is 224 g/mol. The zero-order chi connectivity index (χ0) is 10.7. The molecule has 0 saturated heterocycles. The maximum Gasteiger partial charge on any atom is 0.129 e. The predicted octanol–water partition coefficient (Wildman–Crippen LogP) is 3.01. The summed E-state index contributed by atoms with van der Waals surface area (Å²) < 4.78 is 0. The Bertz CT molecular complexity index is 310. The summed E-state index contributed by atoms with van der Waals surface area (Å²) in [7, 11) is 0. The van der Waals surface area contributed by atoms with Gasteiger partial charge in [-0.2, -0.15) is 0 Å². The fraction of sp³-hybridized carbons (Fsp3) is 0.583. The molecule has 1 heterocycles. The lowest BCUT2D eigenvalue weighted by molar-refractivity contribution is 0.599. The van der Waals surface area contributed by atoms with E-state index in [1.54, 1.807) is 0 Å². The highest BCUT2D eigenvalue weighted by atomic mass is 35.5. The molecular weight excluding hydrogens is 208 g/mol. The van der Waals surface area contributed by atoms with Crippen LogP contribution in [0.25, 0.3) is 0 Å². The third-order valence-electron chi connectivity index (χ3n) is 2.94. The molecule has 1 aromatic heterocycles. The van der Waals surface area contributed by atoms with Gasteiger partial charge in [-0.1, -0.05) is 31.0 Å². The molecule has 1 fully saturated rings. The van der Waals surface area contributed by atoms with Gasteiger partial charge in [0.2, 0.25) is 0 Å². The van der Waals surface area contributed by atoms with Gasteiger partial charge >= 0.3 is 0 Å². The van der Waals surface area contributed by atoms with Gasteiger partial charge in [0.25, 0.3) is 0 Å². The second-order valence-electron chi connectivity index (χ2n) is 4.26. The summed E-state index contributed by atoms with van der Waals surface area (Å²) in [5, 5.41) is 4.11. The van der Waals surface area contributed by atoms with E-state index in [0.717, 1.165) is 18.5 Å². The first kappa shape index (κ1) is 10.9. The Hall–Kier alpha value is -0.600. The molecule has 3 heteroatoms. The van der Waals surface area contributed by atoms with Crippen LogP contribution in [0.15, 0.2) is 18.3 Å². The van der Waals surface area contributed by atoms with Crippen molar-refractivity contribution in [3.05, 3.63) is 29.0 Å². The molecule has 0 bridgehead atoms. The smallest absolute Gasteiger partial charge is 0.129 e. The van der Waals surface area contributed by atoms with Crippen molar-refractivity contribution in [1.29, 1.82) is 0 Å². The molecule has 1 saturated carbocycles. The Balaban J connectivity index is 1.73. The average molecular weight is 225 g/mol. The zero-order valence-corrected chi connectivity index (χ0v) is 9.80. The number of halogens is 1. The highest BCUT2D eigenvalue weighted by Gasteiger charge is 2.35. The molecule has 0 radical (unpaired) electrons. The topological polar surface area (TPSA) is 24.9 Å². The van der Waals surface area contributed by atoms with Crippen LogP contribution < -0.4 is 5.32 Å². The molecule has 0 spiro atoms. The minimum Gasteiger partial charge on any atom is -0.310 e. The van der Waals surface area contributed by atoms with Crippen LogP contribution >= 0.6 is 11.6 Å². The molecule has 2 rings (SSSR count). The quantitative estimate of drug-likeness (QED) is 0.778. The maximum absolute atomic E-state index is 5.72. The van der Waals surface area contributed by atoms with Gasteiger partial charge < -0.3 is 5.32 Å². The molecule has 2 unspecified atom stereocenters. The van der Waals surface area contributed by atoms with Crippen molar-refractivity contribution in [2.75, 3.05) is 0 Å². The van der Waals surface area contributed by atoms with Crippen LogP contribution in [0.4, 0.5) is 0 Å². The summed E-state index contributed by atoms with van der Waals surface area (Å²) in [5.74, 6) is 0.912. The molecule has 15 heavy (non-hydrogen) atoms. The molecule has 1 aliphatic rings. The number of pyridine rings is 1. The first-order valence-electron chi connectivity index (χ1n) is 5.63. The largest absolute Gasteiger partial charge is 0.310 e. The molecule has 1 N–H and O–H groups in total. The minimum atomic E-state index is 0.564. The highest BCUT2D eigenvalue weighted by molar-refractivity contribution is 6.29. The Morgan fingerprint density at radius 2 is 2.40 bits per heavy atom. The number of hydrogen-bond donors (Lipinski definition) is 1. The van der Waals surface area contributed by atoms with E-state index in [1.165, 1.54) is 24.8 Å². The average Bonchev–Trinajstić information content (AvgIpc) is 2.97. The van der Waals surface area contributed by atoms with E-state index in [1.807, 2.05) is 18.3 Å². The first-order valence-corrected chi connectivity index (χ1v) is 6.01. The van der Waals surface area contributed by atoms with E-state index in [4.69, 9.17) is 11.6 Å². The maximum atomic E-state index is 5.72. The van der Waals surface area contributed by atoms with Gasteiger partial charge in [0.05, 0.1) is 0 Å². The van der Waals surface area contributed by atoms with Crippen LogP contribution in [0.1, 0.15) is 31.7 Å². The van der Waals surface area contributed by atoms with E-state index >= 15 is 0 Å². The van der Waals surface area contributed by atoms with Crippen molar-refractivity contribution in [1.82, 2.24) is 10.3 Å². The van der Waals surface area contributed by atoms with Gasteiger partial charge in [0.1, 0.15) is 5.15 Å². The van der Waals surface area contributed by atoms with Gasteiger partial charge in [0, 0.05) is 18.8 Å². The third kappa shape index (κ3) is 3.18. The fourth-order valence-corrected chi connectivity index (χ4v) is 2.06. The van der Waals surface area contributed by atoms with E-state index in [0.29, 0.717) is 5.15 Å². The van der Waals surface area contributed by atoms with E-state index in [2.05, 4.69) is 17.2 Å². The molecule has 0 aliphatic heterocycles. The van der Waals surface area contributed by atoms with Gasteiger partial charge in [-0.25, -0.2) is 4.98 Å². The van der Waals surface area contributed by atoms with Gasteiger partial charge in [0.15, 0.2) is 0 Å². The standard InChI is InChI=1S/C12H17ClN2/c1-2-3-10-6-11(10)14-7-9-4-5-12(13)15-8-9/h4-5,8,10-11,14H,2-3,6-7H2,1H3. The molecule has 2 atom stereocenters. The fourth-order valence-electron chi connectivity index (χ4n) is 1.95. The molecule has 1 aliphatic carbocycles. The Morgan fingerprint density at radius 3 is 3.07 bits per heavy atom. The third-order valence-corrected chi connectivity index (χ3v) is 3.16. The highest BCUT2D eigenvalue weighted by Crippen LogP contribution is 2.34. The van der Waals surface area contributed by atoms with Gasteiger partial charge in [-0.05, 0) is 30.4 Å². The van der Waals surface area contributed by atoms with Crippen molar-refractivity contribution in [2.45, 2.75) is 38.8 Å². The Morgan fingerprint density at radius 1 is 1.53 bits per heavy atom. The lowest BCUT2D eigenvalue weighted by Gasteiger charge is -2.03. The van der Waals surface area contributed by atoms with Crippen LogP contribution in [-0.4, -0.2) is 11.0 Å². The number of aromatic nitrogens is 1. The van der Waals surface area contributed by atoms with Crippen molar-refractivity contribution in [3.63, 3.8) is 0 Å². The summed E-state index contributed by atoms with van der Waals surface area (Å²) in [6.07, 6.45) is 5.84. The lowest BCUT2D eigenvalue weighted by atomic mass is 10.2. The van der Waals surface area contributed by atoms with Crippen molar-refractivity contribution >= 4 is 11.6 Å². The summed E-state index contributed by atoms with van der Waals surface area (Å²) >= 11 is 5.72. The molecule has 0 aromatic carbocycles. The van der Waals surface area contributed by atoms with Crippen LogP contribution in [0.3, 0.4) is 0 Å². The van der Waals surface area contributed by atoms with E-state index in [9.17, 15) is 0 Å².